The lowest BCUT2D eigenvalue weighted by Crippen LogP contribution is -2.41. The van der Waals surface area contributed by atoms with Gasteiger partial charge in [0.2, 0.25) is 5.88 Å². The Labute approximate surface area is 233 Å². The van der Waals surface area contributed by atoms with E-state index < -0.39 is 27.9 Å². The lowest BCUT2D eigenvalue weighted by Gasteiger charge is -2.15. The third-order valence-electron chi connectivity index (χ3n) is 4.90. The first-order chi connectivity index (χ1) is 18.2. The molecule has 39 heavy (non-hydrogen) atoms. The van der Waals surface area contributed by atoms with Crippen molar-refractivity contribution in [3.8, 4) is 17.4 Å². The summed E-state index contributed by atoms with van der Waals surface area (Å²) in [6, 6.07) is 8.99. The Bertz CT molecular complexity index is 1440. The number of benzene rings is 1. The van der Waals surface area contributed by atoms with Crippen LogP contribution >= 0.6 is 22.9 Å². The monoisotopic (exact) mass is 603 g/mol. The van der Waals surface area contributed by atoms with Crippen LogP contribution in [-0.2, 0) is 27.6 Å². The maximum Gasteiger partial charge on any atom is 0.417 e. The molecule has 3 rings (SSSR count). The number of aromatic nitrogens is 1. The highest BCUT2D eigenvalue weighted by Crippen LogP contribution is 2.37. The standard InChI is InChI=1S/C25H25ClF3N3O5S2/c1-15(2)36-19-7-6-17(22(13-19)37-24-21(26)12-18(14-30-24)25(27,28)29)11-16(3)23(33)32-39(34,35)31-9-8-20-5-4-10-38-20/h4-7,10-15,31H,8-9H2,1-3H3,(H,32,33)/b16-11+. The molecular weight excluding hydrogens is 579 g/mol. The Hall–Kier alpha value is -3.13. The number of carbonyl (C=O) groups is 1. The van der Waals surface area contributed by atoms with E-state index in [0.29, 0.717) is 30.0 Å². The molecule has 0 radical (unpaired) electrons. The van der Waals surface area contributed by atoms with Crippen molar-refractivity contribution >= 4 is 45.1 Å². The van der Waals surface area contributed by atoms with Crippen LogP contribution in [-0.4, -0.2) is 32.0 Å². The molecule has 0 bridgehead atoms. The number of alkyl halides is 3. The minimum absolute atomic E-state index is 0.00693. The van der Waals surface area contributed by atoms with Gasteiger partial charge >= 0.3 is 16.4 Å². The zero-order valence-corrected chi connectivity index (χ0v) is 23.4. The molecule has 0 saturated carbocycles. The van der Waals surface area contributed by atoms with Gasteiger partial charge in [0.25, 0.3) is 5.91 Å². The third kappa shape index (κ3) is 9.24. The van der Waals surface area contributed by atoms with Gasteiger partial charge in [-0.2, -0.15) is 26.3 Å². The number of carbonyl (C=O) groups excluding carboxylic acids is 1. The van der Waals surface area contributed by atoms with Gasteiger partial charge in [0, 0.05) is 34.8 Å². The van der Waals surface area contributed by atoms with Gasteiger partial charge in [-0.15, -0.1) is 11.3 Å². The molecule has 0 atom stereocenters. The van der Waals surface area contributed by atoms with Crippen LogP contribution in [0.25, 0.3) is 6.08 Å². The number of hydrogen-bond acceptors (Lipinski definition) is 7. The molecule has 0 aliphatic carbocycles. The predicted octanol–water partition coefficient (Wildman–Crippen LogP) is 5.99. The first-order valence-electron chi connectivity index (χ1n) is 11.5. The molecule has 0 aliphatic rings. The number of hydrogen-bond donors (Lipinski definition) is 2. The Balaban J connectivity index is 1.81. The van der Waals surface area contributed by atoms with Crippen molar-refractivity contribution in [1.29, 1.82) is 0 Å². The van der Waals surface area contributed by atoms with Crippen LogP contribution in [0.4, 0.5) is 13.2 Å². The average molecular weight is 604 g/mol. The lowest BCUT2D eigenvalue weighted by molar-refractivity contribution is -0.137. The molecule has 0 fully saturated rings. The third-order valence-corrected chi connectivity index (χ3v) is 7.14. The highest BCUT2D eigenvalue weighted by Gasteiger charge is 2.32. The van der Waals surface area contributed by atoms with Crippen molar-refractivity contribution in [3.05, 3.63) is 74.6 Å². The van der Waals surface area contributed by atoms with Gasteiger partial charge in [-0.05, 0) is 62.9 Å². The molecule has 0 spiro atoms. The van der Waals surface area contributed by atoms with Crippen molar-refractivity contribution in [2.75, 3.05) is 6.54 Å². The fourth-order valence-electron chi connectivity index (χ4n) is 3.13. The van der Waals surface area contributed by atoms with E-state index in [4.69, 9.17) is 21.1 Å². The van der Waals surface area contributed by atoms with Crippen molar-refractivity contribution in [3.63, 3.8) is 0 Å². The second-order valence-corrected chi connectivity index (χ2v) is 11.4. The van der Waals surface area contributed by atoms with E-state index in [-0.39, 0.29) is 34.9 Å². The quantitative estimate of drug-likeness (QED) is 0.261. The van der Waals surface area contributed by atoms with E-state index in [0.717, 1.165) is 4.88 Å². The number of pyridine rings is 1. The number of nitrogens with zero attached hydrogens (tertiary/aromatic N) is 1. The molecule has 2 heterocycles. The molecule has 1 amide bonds. The molecule has 8 nitrogen and oxygen atoms in total. The van der Waals surface area contributed by atoms with E-state index in [1.54, 1.807) is 19.9 Å². The summed E-state index contributed by atoms with van der Waals surface area (Å²) in [5.74, 6) is -0.760. The Morgan fingerprint density at radius 2 is 1.97 bits per heavy atom. The van der Waals surface area contributed by atoms with Gasteiger partial charge in [-0.25, -0.2) is 9.71 Å². The van der Waals surface area contributed by atoms with E-state index in [2.05, 4.69) is 9.71 Å². The van der Waals surface area contributed by atoms with Gasteiger partial charge < -0.3 is 9.47 Å². The molecule has 0 saturated heterocycles. The summed E-state index contributed by atoms with van der Waals surface area (Å²) in [5, 5.41) is 1.49. The molecule has 0 unspecified atom stereocenters. The zero-order valence-electron chi connectivity index (χ0n) is 21.0. The molecule has 0 aliphatic heterocycles. The fourth-order valence-corrected chi connectivity index (χ4v) is 4.89. The van der Waals surface area contributed by atoms with Crippen molar-refractivity contribution < 1.29 is 35.9 Å². The van der Waals surface area contributed by atoms with Crippen LogP contribution in [0.2, 0.25) is 5.02 Å². The summed E-state index contributed by atoms with van der Waals surface area (Å²) < 4.78 is 79.2. The van der Waals surface area contributed by atoms with Crippen LogP contribution in [0.5, 0.6) is 17.4 Å². The highest BCUT2D eigenvalue weighted by molar-refractivity contribution is 7.88. The molecule has 3 aromatic rings. The largest absolute Gasteiger partial charge is 0.491 e. The number of halogens is 4. The smallest absolute Gasteiger partial charge is 0.417 e. The summed E-state index contributed by atoms with van der Waals surface area (Å²) in [6.07, 6.45) is -2.44. The first kappa shape index (κ1) is 30.4. The molecule has 2 N–H and O–H groups in total. The highest BCUT2D eigenvalue weighted by atomic mass is 35.5. The van der Waals surface area contributed by atoms with Crippen molar-refractivity contribution in [1.82, 2.24) is 14.4 Å². The fraction of sp³-hybridized carbons (Fsp3) is 0.280. The van der Waals surface area contributed by atoms with E-state index >= 15 is 0 Å². The summed E-state index contributed by atoms with van der Waals surface area (Å²) in [5.41, 5.74) is -0.748. The van der Waals surface area contributed by atoms with Crippen LogP contribution in [0, 0.1) is 0 Å². The van der Waals surface area contributed by atoms with Gasteiger partial charge in [0.15, 0.2) is 0 Å². The van der Waals surface area contributed by atoms with Crippen molar-refractivity contribution in [2.24, 2.45) is 0 Å². The Kier molecular flexibility index (Phi) is 9.99. The number of thiophene rings is 1. The predicted molar refractivity (Wildman–Crippen MR) is 143 cm³/mol. The minimum atomic E-state index is -4.64. The van der Waals surface area contributed by atoms with Crippen LogP contribution < -0.4 is 18.9 Å². The number of nitrogens with one attached hydrogen (secondary N) is 2. The molecule has 14 heteroatoms. The maximum absolute atomic E-state index is 13.0. The normalized spacial score (nSPS) is 12.5. The molecule has 1 aromatic carbocycles. The number of amides is 1. The summed E-state index contributed by atoms with van der Waals surface area (Å²) in [4.78, 5) is 17.3. The van der Waals surface area contributed by atoms with Gasteiger partial charge in [0.05, 0.1) is 11.7 Å². The number of ether oxygens (including phenoxy) is 2. The SMILES string of the molecule is C/C(=C\c1ccc(OC(C)C)cc1Oc1ncc(C(F)(F)F)cc1Cl)C(=O)NS(=O)(=O)NCCc1cccs1. The zero-order chi connectivity index (χ0) is 28.8. The van der Waals surface area contributed by atoms with E-state index in [1.165, 1.54) is 36.5 Å². The van der Waals surface area contributed by atoms with E-state index in [9.17, 15) is 26.4 Å². The van der Waals surface area contributed by atoms with Gasteiger partial charge in [-0.3, -0.25) is 4.79 Å². The topological polar surface area (TPSA) is 107 Å². The second kappa shape index (κ2) is 12.8. The first-order valence-corrected chi connectivity index (χ1v) is 14.2. The van der Waals surface area contributed by atoms with Crippen LogP contribution in [0.15, 0.2) is 53.5 Å². The Morgan fingerprint density at radius 3 is 2.59 bits per heavy atom. The van der Waals surface area contributed by atoms with Crippen LogP contribution in [0.1, 0.15) is 36.8 Å². The number of rotatable bonds is 11. The minimum Gasteiger partial charge on any atom is -0.491 e. The molecule has 210 valence electrons. The van der Waals surface area contributed by atoms with E-state index in [1.807, 2.05) is 22.2 Å². The summed E-state index contributed by atoms with van der Waals surface area (Å²) in [7, 11) is -4.13. The van der Waals surface area contributed by atoms with Gasteiger partial charge in [0.1, 0.15) is 16.5 Å². The lowest BCUT2D eigenvalue weighted by atomic mass is 10.1. The molecule has 2 aromatic heterocycles. The van der Waals surface area contributed by atoms with Gasteiger partial charge in [-0.1, -0.05) is 17.7 Å². The van der Waals surface area contributed by atoms with Crippen molar-refractivity contribution in [2.45, 2.75) is 39.5 Å². The Morgan fingerprint density at radius 1 is 1.23 bits per heavy atom. The summed E-state index contributed by atoms with van der Waals surface area (Å²) >= 11 is 7.48. The maximum atomic E-state index is 13.0. The average Bonchev–Trinajstić information content (AvgIpc) is 3.34. The second-order valence-electron chi connectivity index (χ2n) is 8.46. The van der Waals surface area contributed by atoms with Crippen LogP contribution in [0.3, 0.4) is 0 Å². The summed E-state index contributed by atoms with van der Waals surface area (Å²) in [6.45, 7) is 5.09. The molecular formula is C25H25ClF3N3O5S2.